The third-order valence-corrected chi connectivity index (χ3v) is 4.64. The van der Waals surface area contributed by atoms with E-state index < -0.39 is 0 Å². The number of hydrogen-bond donors (Lipinski definition) is 1. The van der Waals surface area contributed by atoms with E-state index in [0.717, 1.165) is 6.54 Å². The molecule has 0 aromatic heterocycles. The van der Waals surface area contributed by atoms with Crippen molar-refractivity contribution in [2.75, 3.05) is 13.2 Å². The summed E-state index contributed by atoms with van der Waals surface area (Å²) < 4.78 is 5.66. The SMILES string of the molecule is Clc1cc(Cl)c(OCCNC2CCCCCC2)cc1Cl. The Morgan fingerprint density at radius 1 is 0.950 bits per heavy atom. The molecule has 1 aromatic carbocycles. The lowest BCUT2D eigenvalue weighted by Gasteiger charge is -2.16. The zero-order chi connectivity index (χ0) is 14.4. The zero-order valence-corrected chi connectivity index (χ0v) is 13.7. The summed E-state index contributed by atoms with van der Waals surface area (Å²) in [6.45, 7) is 1.40. The quantitative estimate of drug-likeness (QED) is 0.445. The van der Waals surface area contributed by atoms with Crippen molar-refractivity contribution >= 4 is 34.8 Å². The molecule has 1 N–H and O–H groups in total. The Morgan fingerprint density at radius 3 is 2.30 bits per heavy atom. The maximum absolute atomic E-state index is 6.06. The molecular weight excluding hydrogens is 317 g/mol. The van der Waals surface area contributed by atoms with Crippen LogP contribution in [-0.2, 0) is 0 Å². The normalized spacial score (nSPS) is 16.9. The first kappa shape index (κ1) is 16.2. The van der Waals surface area contributed by atoms with Gasteiger partial charge in [-0.25, -0.2) is 0 Å². The van der Waals surface area contributed by atoms with Crippen molar-refractivity contribution in [1.29, 1.82) is 0 Å². The molecule has 1 saturated carbocycles. The molecule has 0 unspecified atom stereocenters. The lowest BCUT2D eigenvalue weighted by atomic mass is 10.1. The van der Waals surface area contributed by atoms with Gasteiger partial charge in [0.1, 0.15) is 12.4 Å². The summed E-state index contributed by atoms with van der Waals surface area (Å²) in [5, 5.41) is 4.95. The highest BCUT2D eigenvalue weighted by Gasteiger charge is 2.11. The summed E-state index contributed by atoms with van der Waals surface area (Å²) in [5.74, 6) is 0.587. The molecule has 2 rings (SSSR count). The van der Waals surface area contributed by atoms with Gasteiger partial charge in [-0.2, -0.15) is 0 Å². The highest BCUT2D eigenvalue weighted by atomic mass is 35.5. The molecule has 1 aromatic rings. The summed E-state index contributed by atoms with van der Waals surface area (Å²) in [6, 6.07) is 3.91. The minimum absolute atomic E-state index is 0.445. The summed E-state index contributed by atoms with van der Waals surface area (Å²) in [6.07, 6.45) is 7.94. The molecule has 0 amide bonds. The van der Waals surface area contributed by atoms with Crippen LogP contribution in [0, 0.1) is 0 Å². The van der Waals surface area contributed by atoms with E-state index in [0.29, 0.717) is 33.5 Å². The molecular formula is C15H20Cl3NO. The van der Waals surface area contributed by atoms with Crippen molar-refractivity contribution in [3.63, 3.8) is 0 Å². The van der Waals surface area contributed by atoms with Crippen molar-refractivity contribution in [3.8, 4) is 5.75 Å². The van der Waals surface area contributed by atoms with Crippen LogP contribution >= 0.6 is 34.8 Å². The lowest BCUT2D eigenvalue weighted by Crippen LogP contribution is -2.32. The predicted octanol–water partition coefficient (Wildman–Crippen LogP) is 5.34. The highest BCUT2D eigenvalue weighted by molar-refractivity contribution is 6.43. The lowest BCUT2D eigenvalue weighted by molar-refractivity contribution is 0.300. The van der Waals surface area contributed by atoms with E-state index in [1.54, 1.807) is 12.1 Å². The van der Waals surface area contributed by atoms with Crippen LogP contribution in [0.1, 0.15) is 38.5 Å². The largest absolute Gasteiger partial charge is 0.491 e. The van der Waals surface area contributed by atoms with Gasteiger partial charge >= 0.3 is 0 Å². The smallest absolute Gasteiger partial charge is 0.139 e. The topological polar surface area (TPSA) is 21.3 Å². The summed E-state index contributed by atoms with van der Waals surface area (Å²) >= 11 is 17.9. The molecule has 112 valence electrons. The van der Waals surface area contributed by atoms with Gasteiger partial charge in [-0.3, -0.25) is 0 Å². The van der Waals surface area contributed by atoms with E-state index in [-0.39, 0.29) is 0 Å². The van der Waals surface area contributed by atoms with Gasteiger partial charge in [-0.05, 0) is 18.9 Å². The van der Waals surface area contributed by atoms with Crippen LogP contribution in [0.3, 0.4) is 0 Å². The van der Waals surface area contributed by atoms with Crippen LogP contribution in [-0.4, -0.2) is 19.2 Å². The van der Waals surface area contributed by atoms with Gasteiger partial charge in [0.25, 0.3) is 0 Å². The predicted molar refractivity (Wildman–Crippen MR) is 86.5 cm³/mol. The number of halogens is 3. The van der Waals surface area contributed by atoms with E-state index in [1.807, 2.05) is 0 Å². The first-order chi connectivity index (χ1) is 9.66. The second-order valence-electron chi connectivity index (χ2n) is 5.19. The standard InChI is InChI=1S/C15H20Cl3NO/c16-12-9-14(18)15(10-13(12)17)20-8-7-19-11-5-3-1-2-4-6-11/h9-11,19H,1-8H2. The molecule has 0 radical (unpaired) electrons. The monoisotopic (exact) mass is 335 g/mol. The Balaban J connectivity index is 1.74. The maximum Gasteiger partial charge on any atom is 0.139 e. The van der Waals surface area contributed by atoms with E-state index in [9.17, 15) is 0 Å². The molecule has 1 fully saturated rings. The Morgan fingerprint density at radius 2 is 1.60 bits per heavy atom. The second-order valence-corrected chi connectivity index (χ2v) is 6.41. The van der Waals surface area contributed by atoms with Gasteiger partial charge in [0.2, 0.25) is 0 Å². The Labute approximate surface area is 135 Å². The zero-order valence-electron chi connectivity index (χ0n) is 11.4. The van der Waals surface area contributed by atoms with Crippen LogP contribution in [0.4, 0.5) is 0 Å². The molecule has 0 atom stereocenters. The van der Waals surface area contributed by atoms with Gasteiger partial charge in [-0.1, -0.05) is 60.5 Å². The first-order valence-corrected chi connectivity index (χ1v) is 8.31. The molecule has 0 spiro atoms. The fourth-order valence-electron chi connectivity index (χ4n) is 2.52. The maximum atomic E-state index is 6.06. The van der Waals surface area contributed by atoms with Gasteiger partial charge < -0.3 is 10.1 Å². The Bertz CT molecular complexity index is 431. The minimum Gasteiger partial charge on any atom is -0.491 e. The average Bonchev–Trinajstić information content (AvgIpc) is 2.69. The molecule has 1 aliphatic rings. The Kier molecular flexibility index (Phi) is 6.76. The molecule has 20 heavy (non-hydrogen) atoms. The molecule has 1 aliphatic carbocycles. The molecule has 0 saturated heterocycles. The molecule has 0 aliphatic heterocycles. The van der Waals surface area contributed by atoms with Gasteiger partial charge in [0, 0.05) is 18.7 Å². The van der Waals surface area contributed by atoms with Crippen LogP contribution < -0.4 is 10.1 Å². The molecule has 0 heterocycles. The number of hydrogen-bond acceptors (Lipinski definition) is 2. The average molecular weight is 337 g/mol. The van der Waals surface area contributed by atoms with Gasteiger partial charge in [0.15, 0.2) is 0 Å². The van der Waals surface area contributed by atoms with E-state index in [4.69, 9.17) is 39.5 Å². The van der Waals surface area contributed by atoms with Gasteiger partial charge in [-0.15, -0.1) is 0 Å². The molecule has 5 heteroatoms. The third kappa shape index (κ3) is 5.00. The van der Waals surface area contributed by atoms with Crippen molar-refractivity contribution in [2.24, 2.45) is 0 Å². The molecule has 0 bridgehead atoms. The third-order valence-electron chi connectivity index (χ3n) is 3.62. The minimum atomic E-state index is 0.445. The number of benzene rings is 1. The van der Waals surface area contributed by atoms with Crippen molar-refractivity contribution in [2.45, 2.75) is 44.6 Å². The van der Waals surface area contributed by atoms with Crippen molar-refractivity contribution in [3.05, 3.63) is 27.2 Å². The highest BCUT2D eigenvalue weighted by Crippen LogP contribution is 2.33. The second kappa shape index (κ2) is 8.33. The van der Waals surface area contributed by atoms with Crippen LogP contribution in [0.2, 0.25) is 15.1 Å². The van der Waals surface area contributed by atoms with Crippen LogP contribution in [0.5, 0.6) is 5.75 Å². The summed E-state index contributed by atoms with van der Waals surface area (Å²) in [4.78, 5) is 0. The van der Waals surface area contributed by atoms with Crippen LogP contribution in [0.15, 0.2) is 12.1 Å². The summed E-state index contributed by atoms with van der Waals surface area (Å²) in [7, 11) is 0. The fourth-order valence-corrected chi connectivity index (χ4v) is 3.11. The van der Waals surface area contributed by atoms with E-state index in [1.165, 1.54) is 38.5 Å². The van der Waals surface area contributed by atoms with E-state index >= 15 is 0 Å². The summed E-state index contributed by atoms with van der Waals surface area (Å²) in [5.41, 5.74) is 0. The number of nitrogens with one attached hydrogen (secondary N) is 1. The first-order valence-electron chi connectivity index (χ1n) is 7.17. The van der Waals surface area contributed by atoms with Crippen molar-refractivity contribution in [1.82, 2.24) is 5.32 Å². The number of ether oxygens (including phenoxy) is 1. The Hall–Kier alpha value is -0.150. The van der Waals surface area contributed by atoms with Crippen LogP contribution in [0.25, 0.3) is 0 Å². The van der Waals surface area contributed by atoms with E-state index in [2.05, 4.69) is 5.32 Å². The number of rotatable bonds is 5. The van der Waals surface area contributed by atoms with Gasteiger partial charge in [0.05, 0.1) is 15.1 Å². The fraction of sp³-hybridized carbons (Fsp3) is 0.600. The van der Waals surface area contributed by atoms with Crippen molar-refractivity contribution < 1.29 is 4.74 Å². The molecule has 2 nitrogen and oxygen atoms in total.